The molecule has 0 radical (unpaired) electrons. The van der Waals surface area contributed by atoms with Gasteiger partial charge >= 0.3 is 0 Å². The lowest BCUT2D eigenvalue weighted by atomic mass is 9.88. The van der Waals surface area contributed by atoms with Crippen molar-refractivity contribution in [3.05, 3.63) is 0 Å². The Hall–Kier alpha value is -0.120. The molecule has 0 bridgehead atoms. The molecule has 3 aliphatic rings. The van der Waals surface area contributed by atoms with Crippen LogP contribution in [0.15, 0.2) is 4.99 Å². The van der Waals surface area contributed by atoms with Crippen LogP contribution in [-0.4, -0.2) is 85.4 Å². The molecule has 0 aromatic heterocycles. The summed E-state index contributed by atoms with van der Waals surface area (Å²) in [6, 6.07) is 0.555. The molecule has 0 aromatic rings. The molecule has 2 saturated heterocycles. The van der Waals surface area contributed by atoms with Gasteiger partial charge in [-0.05, 0) is 64.3 Å². The van der Waals surface area contributed by atoms with Crippen LogP contribution in [0.25, 0.3) is 0 Å². The molecule has 3 N–H and O–H groups in total. The largest absolute Gasteiger partial charge is 0.393 e. The molecule has 0 aromatic carbocycles. The van der Waals surface area contributed by atoms with E-state index in [-0.39, 0.29) is 30.1 Å². The number of guanidine groups is 1. The minimum atomic E-state index is -0.0806. The van der Waals surface area contributed by atoms with Crippen LogP contribution in [0.5, 0.6) is 0 Å². The summed E-state index contributed by atoms with van der Waals surface area (Å²) in [6.45, 7) is 10.9. The monoisotopic (exact) mass is 535 g/mol. The third-order valence-electron chi connectivity index (χ3n) is 6.97. The molecule has 0 spiro atoms. The molecule has 2 aliphatic heterocycles. The summed E-state index contributed by atoms with van der Waals surface area (Å²) < 4.78 is 0. The van der Waals surface area contributed by atoms with Gasteiger partial charge in [0.2, 0.25) is 0 Å². The van der Waals surface area contributed by atoms with Crippen molar-refractivity contribution in [1.82, 2.24) is 20.4 Å². The Balaban J connectivity index is 0.00000320. The van der Waals surface area contributed by atoms with Gasteiger partial charge in [0.25, 0.3) is 0 Å². The number of aliphatic hydroxyl groups excluding tert-OH is 1. The second-order valence-corrected chi connectivity index (χ2v) is 9.41. The molecule has 2 heterocycles. The van der Waals surface area contributed by atoms with E-state index in [1.807, 2.05) is 0 Å². The van der Waals surface area contributed by atoms with E-state index >= 15 is 0 Å². The molecule has 7 heteroatoms. The third-order valence-corrected chi connectivity index (χ3v) is 6.97. The second-order valence-electron chi connectivity index (χ2n) is 9.41. The summed E-state index contributed by atoms with van der Waals surface area (Å²) >= 11 is 0. The van der Waals surface area contributed by atoms with Crippen LogP contribution in [0.1, 0.15) is 71.1 Å². The normalized spacial score (nSPS) is 23.9. The van der Waals surface area contributed by atoms with E-state index in [9.17, 15) is 5.11 Å². The molecule has 1 saturated carbocycles. The number of hydrogen-bond acceptors (Lipinski definition) is 4. The van der Waals surface area contributed by atoms with Crippen LogP contribution in [0.3, 0.4) is 0 Å². The predicted molar refractivity (Wildman–Crippen MR) is 137 cm³/mol. The van der Waals surface area contributed by atoms with Crippen LogP contribution >= 0.6 is 24.0 Å². The van der Waals surface area contributed by atoms with Gasteiger partial charge in [0, 0.05) is 51.9 Å². The number of rotatable bonds is 8. The SMILES string of the molecule is CCNC(=NCCCN1CCC(O)CC1)NC1CCN(CC2CCCCC2)CC1.I. The van der Waals surface area contributed by atoms with Gasteiger partial charge in [-0.15, -0.1) is 24.0 Å². The van der Waals surface area contributed by atoms with Crippen molar-refractivity contribution in [1.29, 1.82) is 0 Å². The Morgan fingerprint density at radius 2 is 1.60 bits per heavy atom. The highest BCUT2D eigenvalue weighted by Gasteiger charge is 2.23. The molecular weight excluding hydrogens is 489 g/mol. The van der Waals surface area contributed by atoms with E-state index in [1.54, 1.807) is 0 Å². The van der Waals surface area contributed by atoms with Gasteiger partial charge in [-0.25, -0.2) is 0 Å². The number of nitrogens with one attached hydrogen (secondary N) is 2. The van der Waals surface area contributed by atoms with Crippen molar-refractivity contribution in [3.63, 3.8) is 0 Å². The van der Waals surface area contributed by atoms with E-state index < -0.39 is 0 Å². The zero-order chi connectivity index (χ0) is 20.3. The van der Waals surface area contributed by atoms with Crippen molar-refractivity contribution in [2.75, 3.05) is 52.4 Å². The van der Waals surface area contributed by atoms with E-state index in [2.05, 4.69) is 27.4 Å². The van der Waals surface area contributed by atoms with E-state index in [4.69, 9.17) is 4.99 Å². The lowest BCUT2D eigenvalue weighted by molar-refractivity contribution is 0.0824. The number of likely N-dealkylation sites (tertiary alicyclic amines) is 2. The van der Waals surface area contributed by atoms with Crippen LogP contribution < -0.4 is 10.6 Å². The summed E-state index contributed by atoms with van der Waals surface area (Å²) in [6.07, 6.45) is 12.6. The van der Waals surface area contributed by atoms with Crippen LogP contribution in [0.4, 0.5) is 0 Å². The number of hydrogen-bond donors (Lipinski definition) is 3. The van der Waals surface area contributed by atoms with Crippen LogP contribution in [0, 0.1) is 5.92 Å². The van der Waals surface area contributed by atoms with Gasteiger partial charge in [-0.1, -0.05) is 19.3 Å². The molecule has 30 heavy (non-hydrogen) atoms. The summed E-state index contributed by atoms with van der Waals surface area (Å²) in [5, 5.41) is 16.7. The van der Waals surface area contributed by atoms with E-state index in [0.29, 0.717) is 6.04 Å². The predicted octanol–water partition coefficient (Wildman–Crippen LogP) is 3.05. The third kappa shape index (κ3) is 9.57. The number of halogens is 1. The lowest BCUT2D eigenvalue weighted by Gasteiger charge is -2.36. The number of piperidine rings is 2. The van der Waals surface area contributed by atoms with Crippen molar-refractivity contribution >= 4 is 29.9 Å². The smallest absolute Gasteiger partial charge is 0.191 e. The van der Waals surface area contributed by atoms with Crippen molar-refractivity contribution < 1.29 is 5.11 Å². The molecule has 3 fully saturated rings. The highest BCUT2D eigenvalue weighted by molar-refractivity contribution is 14.0. The molecule has 6 nitrogen and oxygen atoms in total. The van der Waals surface area contributed by atoms with Gasteiger partial charge < -0.3 is 25.5 Å². The van der Waals surface area contributed by atoms with E-state index in [1.165, 1.54) is 64.6 Å². The fraction of sp³-hybridized carbons (Fsp3) is 0.957. The molecule has 3 rings (SSSR count). The van der Waals surface area contributed by atoms with Gasteiger partial charge in [-0.2, -0.15) is 0 Å². The Morgan fingerprint density at radius 1 is 0.933 bits per heavy atom. The highest BCUT2D eigenvalue weighted by Crippen LogP contribution is 2.25. The fourth-order valence-corrected chi connectivity index (χ4v) is 5.14. The Bertz CT molecular complexity index is 470. The maximum atomic E-state index is 9.62. The van der Waals surface area contributed by atoms with Crippen molar-refractivity contribution in [3.8, 4) is 0 Å². The average Bonchev–Trinajstić information content (AvgIpc) is 2.75. The zero-order valence-corrected chi connectivity index (χ0v) is 21.5. The fourth-order valence-electron chi connectivity index (χ4n) is 5.14. The van der Waals surface area contributed by atoms with Gasteiger partial charge in [0.05, 0.1) is 6.10 Å². The first-order valence-corrected chi connectivity index (χ1v) is 12.4. The van der Waals surface area contributed by atoms with Crippen molar-refractivity contribution in [2.45, 2.75) is 83.3 Å². The average molecular weight is 536 g/mol. The van der Waals surface area contributed by atoms with E-state index in [0.717, 1.165) is 63.9 Å². The summed E-state index contributed by atoms with van der Waals surface area (Å²) in [5.41, 5.74) is 0. The Labute approximate surface area is 201 Å². The maximum Gasteiger partial charge on any atom is 0.191 e. The van der Waals surface area contributed by atoms with Crippen LogP contribution in [-0.2, 0) is 0 Å². The van der Waals surface area contributed by atoms with Gasteiger partial charge in [-0.3, -0.25) is 4.99 Å². The highest BCUT2D eigenvalue weighted by atomic mass is 127. The first-order valence-electron chi connectivity index (χ1n) is 12.4. The minimum Gasteiger partial charge on any atom is -0.393 e. The maximum absolute atomic E-state index is 9.62. The minimum absolute atomic E-state index is 0. The number of aliphatic imine (C=N–C) groups is 1. The zero-order valence-electron chi connectivity index (χ0n) is 19.2. The summed E-state index contributed by atoms with van der Waals surface area (Å²) in [4.78, 5) is 9.99. The van der Waals surface area contributed by atoms with Crippen LogP contribution in [0.2, 0.25) is 0 Å². The lowest BCUT2D eigenvalue weighted by Crippen LogP contribution is -2.49. The summed E-state index contributed by atoms with van der Waals surface area (Å²) in [7, 11) is 0. The Morgan fingerprint density at radius 3 is 2.27 bits per heavy atom. The molecule has 0 amide bonds. The number of aliphatic hydroxyl groups is 1. The summed E-state index contributed by atoms with van der Waals surface area (Å²) in [5.74, 6) is 1.95. The topological polar surface area (TPSA) is 63.1 Å². The van der Waals surface area contributed by atoms with Gasteiger partial charge in [0.15, 0.2) is 5.96 Å². The first kappa shape index (κ1) is 26.1. The first-order chi connectivity index (χ1) is 14.2. The second kappa shape index (κ2) is 14.9. The molecule has 0 atom stereocenters. The molecule has 1 aliphatic carbocycles. The van der Waals surface area contributed by atoms with Gasteiger partial charge in [0.1, 0.15) is 0 Å². The van der Waals surface area contributed by atoms with Crippen molar-refractivity contribution in [2.24, 2.45) is 10.9 Å². The Kier molecular flexibility index (Phi) is 12.9. The standard InChI is InChI=1S/C23H45N5O.HI/c1-2-24-23(25-13-6-14-27-17-11-22(29)12-18-27)26-21-9-15-28(16-10-21)19-20-7-4-3-5-8-20;/h20-22,29H,2-19H2,1H3,(H2,24,25,26);1H. The number of nitrogens with zero attached hydrogens (tertiary/aromatic N) is 3. The molecule has 176 valence electrons. The quantitative estimate of drug-likeness (QED) is 0.193. The molecular formula is C23H46IN5O. The molecule has 0 unspecified atom stereocenters.